The highest BCUT2D eigenvalue weighted by molar-refractivity contribution is 5.90. The third-order valence-corrected chi connectivity index (χ3v) is 6.16. The number of amides is 2. The molecule has 186 valence electrons. The Morgan fingerprint density at radius 2 is 1.77 bits per heavy atom. The number of nitrogens with zero attached hydrogens (tertiary/aromatic N) is 1. The molecule has 3 N–H and O–H groups in total. The molecule has 1 fully saturated rings. The van der Waals surface area contributed by atoms with E-state index in [1.807, 2.05) is 31.2 Å². The number of aromatic nitrogens is 1. The van der Waals surface area contributed by atoms with E-state index < -0.39 is 23.3 Å². The van der Waals surface area contributed by atoms with Gasteiger partial charge in [0.2, 0.25) is 11.5 Å². The summed E-state index contributed by atoms with van der Waals surface area (Å²) >= 11 is 0. The number of aromatic amines is 1. The van der Waals surface area contributed by atoms with Crippen molar-refractivity contribution in [1.29, 1.82) is 5.26 Å². The van der Waals surface area contributed by atoms with Crippen LogP contribution < -0.4 is 16.2 Å². The van der Waals surface area contributed by atoms with Crippen molar-refractivity contribution in [3.8, 4) is 17.2 Å². The average Bonchev–Trinajstić information content (AvgIpc) is 2.78. The molecule has 0 spiro atoms. The molecule has 8 heteroatoms. The van der Waals surface area contributed by atoms with Gasteiger partial charge in [0.25, 0.3) is 0 Å². The number of carbonyl (C=O) groups excluding carboxylic acids is 2. The minimum Gasteiger partial charge on any atom is -0.444 e. The minimum atomic E-state index is -1.08. The van der Waals surface area contributed by atoms with Crippen molar-refractivity contribution in [3.05, 3.63) is 58.0 Å². The lowest BCUT2D eigenvalue weighted by Gasteiger charge is -2.37. The maximum absolute atomic E-state index is 13.3. The van der Waals surface area contributed by atoms with E-state index in [9.17, 15) is 19.6 Å². The Labute approximate surface area is 206 Å². The Bertz CT molecular complexity index is 1150. The molecule has 3 rings (SSSR count). The van der Waals surface area contributed by atoms with E-state index in [1.54, 1.807) is 26.8 Å². The second-order valence-electron chi connectivity index (χ2n) is 10.2. The summed E-state index contributed by atoms with van der Waals surface area (Å²) in [6.45, 7) is 7.17. The molecule has 0 aliphatic heterocycles. The number of benzene rings is 1. The van der Waals surface area contributed by atoms with E-state index in [0.29, 0.717) is 19.3 Å². The number of H-pyrrole nitrogens is 1. The molecule has 1 aliphatic carbocycles. The zero-order valence-corrected chi connectivity index (χ0v) is 20.9. The Morgan fingerprint density at radius 3 is 2.34 bits per heavy atom. The van der Waals surface area contributed by atoms with Crippen LogP contribution in [0.15, 0.2) is 41.2 Å². The number of aryl methyl sites for hydroxylation is 1. The number of hydrogen-bond donors (Lipinski definition) is 3. The standard InChI is InChI=1S/C27H34N4O4/c1-18-22(12-13-23(32)29-18)20-10-8-19(9-11-20)16-21(17-28)30-24(33)27(14-6-5-7-15-27)31-25(34)35-26(2,3)4/h8-13,21H,5-7,14-16H2,1-4H3,(H,29,32)(H,30,33)(H,31,34)/t21-/m0/s1. The molecule has 8 nitrogen and oxygen atoms in total. The SMILES string of the molecule is Cc1[nH]c(=O)ccc1-c1ccc(C[C@@H](C#N)NC(=O)C2(NC(=O)OC(C)(C)C)CCCCC2)cc1. The lowest BCUT2D eigenvalue weighted by molar-refractivity contribution is -0.129. The summed E-state index contributed by atoms with van der Waals surface area (Å²) in [6.07, 6.45) is 3.32. The molecular weight excluding hydrogens is 444 g/mol. The second-order valence-corrected chi connectivity index (χ2v) is 10.2. The molecule has 2 aromatic rings. The monoisotopic (exact) mass is 478 g/mol. The molecule has 35 heavy (non-hydrogen) atoms. The van der Waals surface area contributed by atoms with Gasteiger partial charge in [-0.1, -0.05) is 43.5 Å². The molecule has 1 aromatic carbocycles. The fraction of sp³-hybridized carbons (Fsp3) is 0.481. The van der Waals surface area contributed by atoms with E-state index in [2.05, 4.69) is 21.7 Å². The minimum absolute atomic E-state index is 0.146. The fourth-order valence-electron chi connectivity index (χ4n) is 4.44. The van der Waals surface area contributed by atoms with Crippen molar-refractivity contribution in [3.63, 3.8) is 0 Å². The topological polar surface area (TPSA) is 124 Å². The first-order valence-electron chi connectivity index (χ1n) is 12.0. The number of hydrogen-bond acceptors (Lipinski definition) is 5. The van der Waals surface area contributed by atoms with Gasteiger partial charge in [0.15, 0.2) is 0 Å². The molecule has 1 heterocycles. The van der Waals surface area contributed by atoms with Gasteiger partial charge in [-0.3, -0.25) is 9.59 Å². The van der Waals surface area contributed by atoms with Gasteiger partial charge < -0.3 is 20.4 Å². The highest BCUT2D eigenvalue weighted by atomic mass is 16.6. The van der Waals surface area contributed by atoms with Gasteiger partial charge in [-0.05, 0) is 57.7 Å². The summed E-state index contributed by atoms with van der Waals surface area (Å²) in [7, 11) is 0. The van der Waals surface area contributed by atoms with Crippen molar-refractivity contribution in [2.75, 3.05) is 0 Å². The number of pyridine rings is 1. The zero-order valence-electron chi connectivity index (χ0n) is 20.9. The van der Waals surface area contributed by atoms with Crippen molar-refractivity contribution < 1.29 is 14.3 Å². The quantitative estimate of drug-likeness (QED) is 0.576. The third kappa shape index (κ3) is 6.95. The van der Waals surface area contributed by atoms with E-state index in [4.69, 9.17) is 4.74 Å². The van der Waals surface area contributed by atoms with Crippen molar-refractivity contribution >= 4 is 12.0 Å². The van der Waals surface area contributed by atoms with Crippen LogP contribution in [0.3, 0.4) is 0 Å². The summed E-state index contributed by atoms with van der Waals surface area (Å²) in [4.78, 5) is 40.1. The van der Waals surface area contributed by atoms with Crippen LogP contribution in [0, 0.1) is 18.3 Å². The average molecular weight is 479 g/mol. The third-order valence-electron chi connectivity index (χ3n) is 6.16. The number of alkyl carbamates (subject to hydrolysis) is 1. The van der Waals surface area contributed by atoms with Gasteiger partial charge in [-0.15, -0.1) is 0 Å². The van der Waals surface area contributed by atoms with Crippen LogP contribution in [-0.4, -0.2) is 34.2 Å². The predicted octanol–water partition coefficient (Wildman–Crippen LogP) is 4.13. The molecule has 0 unspecified atom stereocenters. The number of nitrogens with one attached hydrogen (secondary N) is 3. The number of nitriles is 1. The highest BCUT2D eigenvalue weighted by Gasteiger charge is 2.42. The second kappa shape index (κ2) is 10.8. The van der Waals surface area contributed by atoms with Crippen molar-refractivity contribution in [2.45, 2.75) is 83.4 Å². The fourth-order valence-corrected chi connectivity index (χ4v) is 4.44. The summed E-state index contributed by atoms with van der Waals surface area (Å²) in [5.74, 6) is -0.352. The van der Waals surface area contributed by atoms with Crippen LogP contribution in [0.25, 0.3) is 11.1 Å². The van der Waals surface area contributed by atoms with Gasteiger partial charge in [-0.2, -0.15) is 5.26 Å². The van der Waals surface area contributed by atoms with Crippen LogP contribution in [0.4, 0.5) is 4.79 Å². The zero-order chi connectivity index (χ0) is 25.6. The summed E-state index contributed by atoms with van der Waals surface area (Å²) in [5, 5.41) is 15.4. The predicted molar refractivity (Wildman–Crippen MR) is 134 cm³/mol. The largest absolute Gasteiger partial charge is 0.444 e. The summed E-state index contributed by atoms with van der Waals surface area (Å²) in [5.41, 5.74) is 1.64. The van der Waals surface area contributed by atoms with E-state index >= 15 is 0 Å². The smallest absolute Gasteiger partial charge is 0.408 e. The maximum atomic E-state index is 13.3. The number of ether oxygens (including phenoxy) is 1. The van der Waals surface area contributed by atoms with Crippen molar-refractivity contribution in [2.24, 2.45) is 0 Å². The normalized spacial score (nSPS) is 16.0. The summed E-state index contributed by atoms with van der Waals surface area (Å²) < 4.78 is 5.39. The first-order chi connectivity index (χ1) is 16.5. The first-order valence-corrected chi connectivity index (χ1v) is 12.0. The lowest BCUT2D eigenvalue weighted by Crippen LogP contribution is -2.61. The lowest BCUT2D eigenvalue weighted by atomic mass is 9.80. The number of rotatable bonds is 6. The Hall–Kier alpha value is -3.60. The first kappa shape index (κ1) is 26.0. The Morgan fingerprint density at radius 1 is 1.11 bits per heavy atom. The van der Waals surface area contributed by atoms with Gasteiger partial charge in [0.1, 0.15) is 17.2 Å². The van der Waals surface area contributed by atoms with Crippen LogP contribution in [-0.2, 0) is 16.0 Å². The van der Waals surface area contributed by atoms with Gasteiger partial charge in [-0.25, -0.2) is 4.79 Å². The van der Waals surface area contributed by atoms with Gasteiger partial charge >= 0.3 is 6.09 Å². The Kier molecular flexibility index (Phi) is 8.00. The van der Waals surface area contributed by atoms with E-state index in [0.717, 1.165) is 41.6 Å². The molecule has 1 saturated carbocycles. The molecule has 1 atom stereocenters. The molecule has 0 saturated heterocycles. The molecule has 2 amide bonds. The molecule has 1 aliphatic rings. The van der Waals surface area contributed by atoms with Crippen LogP contribution in [0.5, 0.6) is 0 Å². The van der Waals surface area contributed by atoms with Crippen molar-refractivity contribution in [1.82, 2.24) is 15.6 Å². The van der Waals surface area contributed by atoms with Gasteiger partial charge in [0.05, 0.1) is 6.07 Å². The maximum Gasteiger partial charge on any atom is 0.408 e. The summed E-state index contributed by atoms with van der Waals surface area (Å²) in [6, 6.07) is 12.4. The highest BCUT2D eigenvalue weighted by Crippen LogP contribution is 2.29. The Balaban J connectivity index is 1.70. The van der Waals surface area contributed by atoms with Crippen LogP contribution >= 0.6 is 0 Å². The molecular formula is C27H34N4O4. The van der Waals surface area contributed by atoms with E-state index in [-0.39, 0.29) is 11.5 Å². The van der Waals surface area contributed by atoms with Crippen LogP contribution in [0.1, 0.15) is 64.1 Å². The molecule has 0 radical (unpaired) electrons. The van der Waals surface area contributed by atoms with Gasteiger partial charge in [0, 0.05) is 23.7 Å². The molecule has 0 bridgehead atoms. The number of carbonyl (C=O) groups is 2. The van der Waals surface area contributed by atoms with E-state index in [1.165, 1.54) is 6.07 Å². The van der Waals surface area contributed by atoms with Crippen LogP contribution in [0.2, 0.25) is 0 Å². The molecule has 1 aromatic heterocycles.